The van der Waals surface area contributed by atoms with Gasteiger partial charge >= 0.3 is 6.01 Å². The molecule has 0 saturated carbocycles. The fourth-order valence-corrected chi connectivity index (χ4v) is 3.54. The molecule has 1 aromatic carbocycles. The van der Waals surface area contributed by atoms with Crippen LogP contribution >= 0.6 is 0 Å². The van der Waals surface area contributed by atoms with Crippen molar-refractivity contribution in [3.63, 3.8) is 0 Å². The Bertz CT molecular complexity index is 858. The molecular weight excluding hydrogens is 382 g/mol. The van der Waals surface area contributed by atoms with Gasteiger partial charge in [-0.2, -0.15) is 9.97 Å². The van der Waals surface area contributed by atoms with Crippen molar-refractivity contribution in [2.24, 2.45) is 0 Å². The molecule has 0 aliphatic carbocycles. The minimum Gasteiger partial charge on any atom is -0.497 e. The number of aromatic nitrogens is 2. The SMILES string of the molecule is COc1cccc(CN2CCC(NC(=O)C(C)Oc3nc(C)c(N)c(C)n3)CC2)c1. The van der Waals surface area contributed by atoms with Crippen LogP contribution in [0.15, 0.2) is 24.3 Å². The number of hydrogen-bond acceptors (Lipinski definition) is 7. The van der Waals surface area contributed by atoms with Crippen molar-refractivity contribution in [2.45, 2.75) is 52.3 Å². The van der Waals surface area contributed by atoms with Gasteiger partial charge < -0.3 is 20.5 Å². The monoisotopic (exact) mass is 413 g/mol. The summed E-state index contributed by atoms with van der Waals surface area (Å²) in [6.45, 7) is 8.03. The second-order valence-corrected chi connectivity index (χ2v) is 7.76. The largest absolute Gasteiger partial charge is 0.497 e. The molecule has 0 radical (unpaired) electrons. The first-order chi connectivity index (χ1) is 14.4. The molecule has 1 amide bonds. The quantitative estimate of drug-likeness (QED) is 0.717. The number of nitrogens with zero attached hydrogens (tertiary/aromatic N) is 3. The van der Waals surface area contributed by atoms with E-state index >= 15 is 0 Å². The Morgan fingerprint density at radius 1 is 1.27 bits per heavy atom. The highest BCUT2D eigenvalue weighted by Gasteiger charge is 2.24. The number of nitrogens with two attached hydrogens (primary N) is 1. The van der Waals surface area contributed by atoms with Crippen LogP contribution in [0.5, 0.6) is 11.8 Å². The third-order valence-corrected chi connectivity index (χ3v) is 5.43. The number of methoxy groups -OCH3 is 1. The van der Waals surface area contributed by atoms with Crippen molar-refractivity contribution in [3.05, 3.63) is 41.2 Å². The number of rotatable bonds is 7. The molecule has 0 spiro atoms. The highest BCUT2D eigenvalue weighted by molar-refractivity contribution is 5.80. The van der Waals surface area contributed by atoms with Crippen molar-refractivity contribution in [1.29, 1.82) is 0 Å². The topological polar surface area (TPSA) is 103 Å². The van der Waals surface area contributed by atoms with Crippen LogP contribution in [-0.2, 0) is 11.3 Å². The number of anilines is 1. The van der Waals surface area contributed by atoms with Gasteiger partial charge in [0.25, 0.3) is 5.91 Å². The Hall–Kier alpha value is -2.87. The number of nitrogen functional groups attached to an aromatic ring is 1. The van der Waals surface area contributed by atoms with E-state index in [-0.39, 0.29) is 18.0 Å². The van der Waals surface area contributed by atoms with Crippen LogP contribution in [0.25, 0.3) is 0 Å². The normalized spacial score (nSPS) is 16.1. The fraction of sp³-hybridized carbons (Fsp3) is 0.500. The van der Waals surface area contributed by atoms with Crippen LogP contribution in [0.4, 0.5) is 5.69 Å². The van der Waals surface area contributed by atoms with E-state index < -0.39 is 6.10 Å². The summed E-state index contributed by atoms with van der Waals surface area (Å²) in [5.41, 5.74) is 8.93. The molecule has 3 rings (SSSR count). The van der Waals surface area contributed by atoms with Gasteiger partial charge in [-0.05, 0) is 51.3 Å². The zero-order chi connectivity index (χ0) is 21.7. The van der Waals surface area contributed by atoms with E-state index in [0.29, 0.717) is 17.1 Å². The smallest absolute Gasteiger partial charge is 0.317 e. The second kappa shape index (κ2) is 9.75. The van der Waals surface area contributed by atoms with E-state index in [9.17, 15) is 4.79 Å². The minimum absolute atomic E-state index is 0.140. The number of likely N-dealkylation sites (tertiary alicyclic amines) is 1. The molecule has 1 aliphatic heterocycles. The lowest BCUT2D eigenvalue weighted by molar-refractivity contribution is -0.128. The Labute approximate surface area is 177 Å². The zero-order valence-corrected chi connectivity index (χ0v) is 18.1. The number of aryl methyl sites for hydroxylation is 2. The lowest BCUT2D eigenvalue weighted by Gasteiger charge is -2.32. The Kier molecular flexibility index (Phi) is 7.10. The summed E-state index contributed by atoms with van der Waals surface area (Å²) >= 11 is 0. The molecule has 8 nitrogen and oxygen atoms in total. The molecule has 2 heterocycles. The molecule has 8 heteroatoms. The first-order valence-corrected chi connectivity index (χ1v) is 10.3. The van der Waals surface area contributed by atoms with Crippen LogP contribution in [0.3, 0.4) is 0 Å². The maximum Gasteiger partial charge on any atom is 0.317 e. The van der Waals surface area contributed by atoms with E-state index in [1.807, 2.05) is 12.1 Å². The van der Waals surface area contributed by atoms with Crippen LogP contribution in [0.1, 0.15) is 36.7 Å². The highest BCUT2D eigenvalue weighted by atomic mass is 16.5. The van der Waals surface area contributed by atoms with Gasteiger partial charge in [-0.15, -0.1) is 0 Å². The molecule has 30 heavy (non-hydrogen) atoms. The van der Waals surface area contributed by atoms with Crippen molar-refractivity contribution in [2.75, 3.05) is 25.9 Å². The molecule has 1 aliphatic rings. The van der Waals surface area contributed by atoms with Crippen molar-refractivity contribution in [3.8, 4) is 11.8 Å². The number of carbonyl (C=O) groups excluding carboxylic acids is 1. The predicted molar refractivity (Wildman–Crippen MR) is 115 cm³/mol. The minimum atomic E-state index is -0.678. The van der Waals surface area contributed by atoms with Gasteiger partial charge in [-0.25, -0.2) is 0 Å². The number of benzene rings is 1. The lowest BCUT2D eigenvalue weighted by Crippen LogP contribution is -2.48. The molecule has 0 bridgehead atoms. The van der Waals surface area contributed by atoms with Crippen molar-refractivity contribution in [1.82, 2.24) is 20.2 Å². The van der Waals surface area contributed by atoms with E-state index in [0.717, 1.165) is 38.2 Å². The van der Waals surface area contributed by atoms with Crippen LogP contribution in [0.2, 0.25) is 0 Å². The van der Waals surface area contributed by atoms with Crippen LogP contribution < -0.4 is 20.5 Å². The van der Waals surface area contributed by atoms with Gasteiger partial charge in [0.2, 0.25) is 0 Å². The third-order valence-electron chi connectivity index (χ3n) is 5.43. The van der Waals surface area contributed by atoms with Crippen LogP contribution in [-0.4, -0.2) is 53.1 Å². The van der Waals surface area contributed by atoms with E-state index in [1.165, 1.54) is 5.56 Å². The van der Waals surface area contributed by atoms with Gasteiger partial charge in [-0.3, -0.25) is 9.69 Å². The molecule has 1 unspecified atom stereocenters. The second-order valence-electron chi connectivity index (χ2n) is 7.76. The number of ether oxygens (including phenoxy) is 2. The van der Waals surface area contributed by atoms with Crippen LogP contribution in [0, 0.1) is 13.8 Å². The number of carbonyl (C=O) groups is 1. The number of nitrogens with one attached hydrogen (secondary N) is 1. The van der Waals surface area contributed by atoms with Gasteiger partial charge in [0.15, 0.2) is 6.10 Å². The summed E-state index contributed by atoms with van der Waals surface area (Å²) < 4.78 is 10.9. The summed E-state index contributed by atoms with van der Waals surface area (Å²) in [7, 11) is 1.68. The summed E-state index contributed by atoms with van der Waals surface area (Å²) in [5, 5.41) is 3.09. The molecule has 162 valence electrons. The Balaban J connectivity index is 1.46. The van der Waals surface area contributed by atoms with Gasteiger partial charge in [0, 0.05) is 25.7 Å². The Morgan fingerprint density at radius 3 is 2.57 bits per heavy atom. The zero-order valence-electron chi connectivity index (χ0n) is 18.1. The number of amides is 1. The first-order valence-electron chi connectivity index (χ1n) is 10.3. The van der Waals surface area contributed by atoms with Gasteiger partial charge in [0.1, 0.15) is 5.75 Å². The van der Waals surface area contributed by atoms with Crippen molar-refractivity contribution >= 4 is 11.6 Å². The molecule has 2 aromatic rings. The highest BCUT2D eigenvalue weighted by Crippen LogP contribution is 2.19. The Morgan fingerprint density at radius 2 is 1.93 bits per heavy atom. The lowest BCUT2D eigenvalue weighted by atomic mass is 10.0. The van der Waals surface area contributed by atoms with Gasteiger partial charge in [0.05, 0.1) is 24.2 Å². The third kappa shape index (κ3) is 5.60. The molecule has 3 N–H and O–H groups in total. The molecule has 1 atom stereocenters. The summed E-state index contributed by atoms with van der Waals surface area (Å²) in [4.78, 5) is 23.4. The van der Waals surface area contributed by atoms with E-state index in [1.54, 1.807) is 27.9 Å². The molecule has 1 aromatic heterocycles. The average Bonchev–Trinajstić information content (AvgIpc) is 2.73. The maximum absolute atomic E-state index is 12.6. The number of hydrogen-bond donors (Lipinski definition) is 2. The summed E-state index contributed by atoms with van der Waals surface area (Å²) in [6, 6.07) is 8.45. The van der Waals surface area contributed by atoms with E-state index in [4.69, 9.17) is 15.2 Å². The fourth-order valence-electron chi connectivity index (χ4n) is 3.54. The standard InChI is InChI=1S/C22H31N5O3/c1-14-20(23)15(2)25-22(24-14)30-16(3)21(28)26-18-8-10-27(11-9-18)13-17-6-5-7-19(12-17)29-4/h5-7,12,16,18H,8-11,13,23H2,1-4H3,(H,26,28). The molecule has 1 fully saturated rings. The van der Waals surface area contributed by atoms with Crippen molar-refractivity contribution < 1.29 is 14.3 Å². The first kappa shape index (κ1) is 21.8. The average molecular weight is 414 g/mol. The number of piperidine rings is 1. The van der Waals surface area contributed by atoms with Gasteiger partial charge in [-0.1, -0.05) is 12.1 Å². The molecule has 1 saturated heterocycles. The summed E-state index contributed by atoms with van der Waals surface area (Å²) in [5.74, 6) is 0.719. The predicted octanol–water partition coefficient (Wildman–Crippen LogP) is 2.23. The summed E-state index contributed by atoms with van der Waals surface area (Å²) in [6.07, 6.45) is 1.13. The maximum atomic E-state index is 12.6. The van der Waals surface area contributed by atoms with E-state index in [2.05, 4.69) is 32.3 Å². The molecular formula is C22H31N5O3.